The zero-order chi connectivity index (χ0) is 19.8. The fourth-order valence-corrected chi connectivity index (χ4v) is 4.99. The summed E-state index contributed by atoms with van der Waals surface area (Å²) in [5, 5.41) is 0. The summed E-state index contributed by atoms with van der Waals surface area (Å²) in [4.78, 5) is 16.8. The maximum absolute atomic E-state index is 13.6. The van der Waals surface area contributed by atoms with E-state index in [4.69, 9.17) is 0 Å². The lowest BCUT2D eigenvalue weighted by molar-refractivity contribution is 0.120. The molecule has 2 fully saturated rings. The topological polar surface area (TPSA) is 35.5 Å². The summed E-state index contributed by atoms with van der Waals surface area (Å²) in [5.41, 5.74) is 3.47. The minimum atomic E-state index is -0.169. The number of halogens is 1. The molecule has 1 unspecified atom stereocenters. The van der Waals surface area contributed by atoms with E-state index in [1.807, 2.05) is 6.07 Å². The van der Waals surface area contributed by atoms with Gasteiger partial charge in [0.2, 0.25) is 0 Å². The number of anilines is 1. The monoisotopic (exact) mass is 395 g/mol. The van der Waals surface area contributed by atoms with Gasteiger partial charge in [0.15, 0.2) is 0 Å². The summed E-state index contributed by atoms with van der Waals surface area (Å²) in [5.74, 6) is 0.971. The number of aromatic nitrogens is 2. The van der Waals surface area contributed by atoms with E-state index in [1.165, 1.54) is 30.9 Å². The largest absolute Gasteiger partial charge is 0.354 e. The van der Waals surface area contributed by atoms with Gasteiger partial charge in [0.1, 0.15) is 18.0 Å². The van der Waals surface area contributed by atoms with Crippen LogP contribution in [0, 0.1) is 5.82 Å². The van der Waals surface area contributed by atoms with Gasteiger partial charge in [-0.3, -0.25) is 9.80 Å². The molecule has 3 heterocycles. The lowest BCUT2D eigenvalue weighted by Gasteiger charge is -2.44. The Kier molecular flexibility index (Phi) is 5.22. The van der Waals surface area contributed by atoms with Crippen LogP contribution in [0.2, 0.25) is 0 Å². The molecule has 1 aromatic carbocycles. The molecule has 0 amide bonds. The van der Waals surface area contributed by atoms with Crippen molar-refractivity contribution in [2.45, 2.75) is 51.2 Å². The lowest BCUT2D eigenvalue weighted by Crippen LogP contribution is -2.52. The molecule has 29 heavy (non-hydrogen) atoms. The summed E-state index contributed by atoms with van der Waals surface area (Å²) in [6.45, 7) is 8.31. The van der Waals surface area contributed by atoms with Crippen LogP contribution in [0.3, 0.4) is 0 Å². The first-order valence-electron chi connectivity index (χ1n) is 11.0. The Morgan fingerprint density at radius 1 is 1.07 bits per heavy atom. The Morgan fingerprint density at radius 2 is 1.90 bits per heavy atom. The molecule has 5 rings (SSSR count). The quantitative estimate of drug-likeness (QED) is 0.793. The van der Waals surface area contributed by atoms with E-state index >= 15 is 0 Å². The average molecular weight is 396 g/mol. The second kappa shape index (κ2) is 8.00. The number of hydrogen-bond donors (Lipinski definition) is 0. The molecule has 0 radical (unpaired) electrons. The van der Waals surface area contributed by atoms with Gasteiger partial charge in [0.05, 0.1) is 5.69 Å². The third-order valence-electron chi connectivity index (χ3n) is 7.10. The SMILES string of the molecule is CC(c1cccc(F)c1)N1CCc2c(ncnc2N2CCN(C3CCC3)CC2)C1. The molecular weight excluding hydrogens is 365 g/mol. The van der Waals surface area contributed by atoms with Crippen molar-refractivity contribution < 1.29 is 4.39 Å². The van der Waals surface area contributed by atoms with E-state index in [9.17, 15) is 4.39 Å². The molecule has 2 aromatic rings. The zero-order valence-electron chi connectivity index (χ0n) is 17.2. The van der Waals surface area contributed by atoms with Crippen LogP contribution < -0.4 is 4.90 Å². The number of hydrogen-bond acceptors (Lipinski definition) is 5. The van der Waals surface area contributed by atoms with Gasteiger partial charge in [0.25, 0.3) is 0 Å². The van der Waals surface area contributed by atoms with Crippen LogP contribution >= 0.6 is 0 Å². The van der Waals surface area contributed by atoms with Crippen LogP contribution in [0.4, 0.5) is 10.2 Å². The number of nitrogens with zero attached hydrogens (tertiary/aromatic N) is 5. The summed E-state index contributed by atoms with van der Waals surface area (Å²) in [7, 11) is 0. The molecule has 2 aliphatic heterocycles. The molecule has 1 aromatic heterocycles. The molecule has 0 bridgehead atoms. The Bertz CT molecular complexity index is 860. The first-order valence-corrected chi connectivity index (χ1v) is 11.0. The van der Waals surface area contributed by atoms with Crippen molar-refractivity contribution in [3.05, 3.63) is 53.2 Å². The van der Waals surface area contributed by atoms with Crippen LogP contribution in [0.15, 0.2) is 30.6 Å². The Balaban J connectivity index is 1.29. The van der Waals surface area contributed by atoms with Crippen LogP contribution in [0.25, 0.3) is 0 Å². The zero-order valence-corrected chi connectivity index (χ0v) is 17.2. The van der Waals surface area contributed by atoms with Crippen molar-refractivity contribution in [3.63, 3.8) is 0 Å². The molecule has 6 heteroatoms. The molecule has 5 nitrogen and oxygen atoms in total. The van der Waals surface area contributed by atoms with E-state index in [0.29, 0.717) is 0 Å². The van der Waals surface area contributed by atoms with Gasteiger partial charge < -0.3 is 4.90 Å². The van der Waals surface area contributed by atoms with Gasteiger partial charge in [-0.15, -0.1) is 0 Å². The third kappa shape index (κ3) is 3.76. The Labute approximate surface area is 172 Å². The highest BCUT2D eigenvalue weighted by Crippen LogP contribution is 2.32. The highest BCUT2D eigenvalue weighted by atomic mass is 19.1. The fourth-order valence-electron chi connectivity index (χ4n) is 4.99. The van der Waals surface area contributed by atoms with Gasteiger partial charge in [-0.05, 0) is 43.9 Å². The summed E-state index contributed by atoms with van der Waals surface area (Å²) in [6.07, 6.45) is 6.83. The third-order valence-corrected chi connectivity index (χ3v) is 7.10. The number of piperazine rings is 1. The van der Waals surface area contributed by atoms with Gasteiger partial charge in [-0.2, -0.15) is 0 Å². The predicted molar refractivity (Wildman–Crippen MR) is 112 cm³/mol. The molecule has 0 N–H and O–H groups in total. The Morgan fingerprint density at radius 3 is 2.62 bits per heavy atom. The minimum absolute atomic E-state index is 0.169. The van der Waals surface area contributed by atoms with E-state index < -0.39 is 0 Å². The molecule has 0 spiro atoms. The van der Waals surface area contributed by atoms with Gasteiger partial charge in [0, 0.05) is 56.9 Å². The molecular formula is C23H30FN5. The van der Waals surface area contributed by atoms with E-state index in [0.717, 1.165) is 68.8 Å². The van der Waals surface area contributed by atoms with Crippen molar-refractivity contribution in [2.75, 3.05) is 37.6 Å². The highest BCUT2D eigenvalue weighted by molar-refractivity contribution is 5.50. The van der Waals surface area contributed by atoms with Crippen LogP contribution in [-0.2, 0) is 13.0 Å². The Hall–Kier alpha value is -2.05. The van der Waals surface area contributed by atoms with E-state index in [1.54, 1.807) is 18.5 Å². The van der Waals surface area contributed by atoms with E-state index in [2.05, 4.69) is 31.6 Å². The fraction of sp³-hybridized carbons (Fsp3) is 0.565. The molecule has 1 atom stereocenters. The standard InChI is InChI=1S/C23H30FN5/c1-17(18-4-2-5-19(24)14-18)29-9-8-21-22(15-29)25-16-26-23(21)28-12-10-27(11-13-28)20-6-3-7-20/h2,4-5,14,16-17,20H,3,6-13,15H2,1H3. The maximum atomic E-state index is 13.6. The molecule has 1 saturated carbocycles. The van der Waals surface area contributed by atoms with Crippen molar-refractivity contribution in [2.24, 2.45) is 0 Å². The lowest BCUT2D eigenvalue weighted by atomic mass is 9.91. The summed E-state index contributed by atoms with van der Waals surface area (Å²) in [6, 6.07) is 7.95. The van der Waals surface area contributed by atoms with E-state index in [-0.39, 0.29) is 11.9 Å². The maximum Gasteiger partial charge on any atom is 0.135 e. The summed E-state index contributed by atoms with van der Waals surface area (Å²) >= 11 is 0. The van der Waals surface area contributed by atoms with Gasteiger partial charge >= 0.3 is 0 Å². The van der Waals surface area contributed by atoms with Crippen molar-refractivity contribution in [1.29, 1.82) is 0 Å². The smallest absolute Gasteiger partial charge is 0.135 e. The molecule has 1 aliphatic carbocycles. The first kappa shape index (κ1) is 18.9. The number of fused-ring (bicyclic) bond motifs is 1. The molecule has 3 aliphatic rings. The van der Waals surface area contributed by atoms with Gasteiger partial charge in [-0.1, -0.05) is 18.6 Å². The van der Waals surface area contributed by atoms with Crippen molar-refractivity contribution in [3.8, 4) is 0 Å². The van der Waals surface area contributed by atoms with Gasteiger partial charge in [-0.25, -0.2) is 14.4 Å². The number of rotatable bonds is 4. The van der Waals surface area contributed by atoms with Crippen LogP contribution in [0.1, 0.15) is 49.0 Å². The first-order chi connectivity index (χ1) is 14.2. The van der Waals surface area contributed by atoms with Crippen LogP contribution in [-0.4, -0.2) is 58.5 Å². The second-order valence-electron chi connectivity index (χ2n) is 8.68. The summed E-state index contributed by atoms with van der Waals surface area (Å²) < 4.78 is 13.6. The minimum Gasteiger partial charge on any atom is -0.354 e. The predicted octanol–water partition coefficient (Wildman–Crippen LogP) is 3.41. The molecule has 154 valence electrons. The normalized spacial score (nSPS) is 22.2. The number of benzene rings is 1. The van der Waals surface area contributed by atoms with Crippen LogP contribution in [0.5, 0.6) is 0 Å². The van der Waals surface area contributed by atoms with Crippen molar-refractivity contribution >= 4 is 5.82 Å². The van der Waals surface area contributed by atoms with Crippen molar-refractivity contribution in [1.82, 2.24) is 19.8 Å². The second-order valence-corrected chi connectivity index (χ2v) is 8.68. The average Bonchev–Trinajstić information content (AvgIpc) is 2.72. The highest BCUT2D eigenvalue weighted by Gasteiger charge is 2.31. The molecule has 1 saturated heterocycles.